The van der Waals surface area contributed by atoms with Crippen LogP contribution in [-0.4, -0.2) is 42.8 Å². The number of esters is 1. The van der Waals surface area contributed by atoms with Gasteiger partial charge in [-0.15, -0.1) is 0 Å². The Bertz CT molecular complexity index is 359. The number of ether oxygens (including phenoxy) is 2. The number of amides is 1. The largest absolute Gasteiger partial charge is 0.469 e. The first kappa shape index (κ1) is 16.8. The van der Waals surface area contributed by atoms with E-state index < -0.39 is 5.60 Å². The molecule has 1 heterocycles. The van der Waals surface area contributed by atoms with Crippen LogP contribution in [0, 0.1) is 17.8 Å². The summed E-state index contributed by atoms with van der Waals surface area (Å²) in [6, 6.07) is 0. The molecule has 0 saturated carbocycles. The summed E-state index contributed by atoms with van der Waals surface area (Å²) in [5, 5.41) is 0. The third-order valence-electron chi connectivity index (χ3n) is 3.37. The molecular formula is C15H27NO4. The lowest BCUT2D eigenvalue weighted by Crippen LogP contribution is -2.36. The van der Waals surface area contributed by atoms with Crippen LogP contribution in [0.2, 0.25) is 0 Å². The highest BCUT2D eigenvalue weighted by molar-refractivity contribution is 5.76. The lowest BCUT2D eigenvalue weighted by molar-refractivity contribution is -0.146. The van der Waals surface area contributed by atoms with E-state index in [1.165, 1.54) is 7.11 Å². The van der Waals surface area contributed by atoms with Crippen molar-refractivity contribution in [3.63, 3.8) is 0 Å². The van der Waals surface area contributed by atoms with Crippen molar-refractivity contribution < 1.29 is 19.1 Å². The summed E-state index contributed by atoms with van der Waals surface area (Å²) in [6.45, 7) is 10.7. The first-order valence-corrected chi connectivity index (χ1v) is 7.19. The Labute approximate surface area is 121 Å². The number of methoxy groups -OCH3 is 1. The number of hydrogen-bond acceptors (Lipinski definition) is 4. The quantitative estimate of drug-likeness (QED) is 0.748. The topological polar surface area (TPSA) is 55.8 Å². The molecule has 0 radical (unpaired) electrons. The van der Waals surface area contributed by atoms with Crippen LogP contribution in [0.1, 0.15) is 41.0 Å². The molecule has 1 aliphatic heterocycles. The molecule has 0 bridgehead atoms. The van der Waals surface area contributed by atoms with Crippen LogP contribution in [-0.2, 0) is 14.3 Å². The standard InChI is InChI=1S/C15H27NO4/c1-10(2)7-11-8-16(9-12(11)13(17)19-6)14(18)20-15(3,4)5/h10-12H,7-9H2,1-6H3/t11-,12-/m1/s1. The Kier molecular flexibility index (Phi) is 5.42. The van der Waals surface area contributed by atoms with E-state index in [-0.39, 0.29) is 23.9 Å². The molecule has 0 unspecified atom stereocenters. The van der Waals surface area contributed by atoms with E-state index in [0.29, 0.717) is 19.0 Å². The molecule has 0 aromatic carbocycles. The van der Waals surface area contributed by atoms with Crippen LogP contribution >= 0.6 is 0 Å². The zero-order valence-corrected chi connectivity index (χ0v) is 13.4. The van der Waals surface area contributed by atoms with Crippen LogP contribution in [0.4, 0.5) is 4.79 Å². The van der Waals surface area contributed by atoms with Crippen molar-refractivity contribution in [3.05, 3.63) is 0 Å². The van der Waals surface area contributed by atoms with Crippen LogP contribution in [0.5, 0.6) is 0 Å². The molecule has 116 valence electrons. The average molecular weight is 285 g/mol. The van der Waals surface area contributed by atoms with Crippen molar-refractivity contribution in [2.75, 3.05) is 20.2 Å². The molecule has 0 spiro atoms. The van der Waals surface area contributed by atoms with Crippen LogP contribution in [0.25, 0.3) is 0 Å². The van der Waals surface area contributed by atoms with Crippen LogP contribution < -0.4 is 0 Å². The second-order valence-electron chi connectivity index (χ2n) is 6.90. The summed E-state index contributed by atoms with van der Waals surface area (Å²) in [5.41, 5.74) is -0.520. The lowest BCUT2D eigenvalue weighted by Gasteiger charge is -2.24. The van der Waals surface area contributed by atoms with E-state index >= 15 is 0 Å². The smallest absolute Gasteiger partial charge is 0.410 e. The van der Waals surface area contributed by atoms with E-state index in [1.807, 2.05) is 20.8 Å². The van der Waals surface area contributed by atoms with E-state index in [0.717, 1.165) is 6.42 Å². The van der Waals surface area contributed by atoms with Crippen molar-refractivity contribution in [1.82, 2.24) is 4.90 Å². The monoisotopic (exact) mass is 285 g/mol. The number of carbonyl (C=O) groups is 2. The predicted octanol–water partition coefficient (Wildman–Crippen LogP) is 2.69. The maximum absolute atomic E-state index is 12.1. The summed E-state index contributed by atoms with van der Waals surface area (Å²) in [7, 11) is 1.39. The molecule has 20 heavy (non-hydrogen) atoms. The Morgan fingerprint density at radius 3 is 2.30 bits per heavy atom. The maximum atomic E-state index is 12.1. The van der Waals surface area contributed by atoms with E-state index in [1.54, 1.807) is 4.90 Å². The summed E-state index contributed by atoms with van der Waals surface area (Å²) in [4.78, 5) is 25.6. The SMILES string of the molecule is COC(=O)[C@@H]1CN(C(=O)OC(C)(C)C)C[C@H]1CC(C)C. The second kappa shape index (κ2) is 6.46. The predicted molar refractivity (Wildman–Crippen MR) is 76.3 cm³/mol. The van der Waals surface area contributed by atoms with Crippen molar-refractivity contribution in [2.45, 2.75) is 46.6 Å². The Morgan fingerprint density at radius 1 is 1.25 bits per heavy atom. The van der Waals surface area contributed by atoms with Crippen LogP contribution in [0.3, 0.4) is 0 Å². The molecule has 0 aromatic heterocycles. The number of hydrogen-bond donors (Lipinski definition) is 0. The minimum atomic E-state index is -0.520. The van der Waals surface area contributed by atoms with Gasteiger partial charge in [-0.1, -0.05) is 13.8 Å². The van der Waals surface area contributed by atoms with Gasteiger partial charge in [-0.25, -0.2) is 4.79 Å². The molecule has 5 heteroatoms. The average Bonchev–Trinajstić information content (AvgIpc) is 2.69. The molecule has 0 aliphatic carbocycles. The van der Waals surface area contributed by atoms with Gasteiger partial charge in [0.05, 0.1) is 13.0 Å². The van der Waals surface area contributed by atoms with Gasteiger partial charge in [0.15, 0.2) is 0 Å². The third-order valence-corrected chi connectivity index (χ3v) is 3.37. The molecule has 0 N–H and O–H groups in total. The van der Waals surface area contributed by atoms with Gasteiger partial charge >= 0.3 is 12.1 Å². The van der Waals surface area contributed by atoms with Gasteiger partial charge in [0.1, 0.15) is 5.60 Å². The van der Waals surface area contributed by atoms with Gasteiger partial charge < -0.3 is 14.4 Å². The summed E-state index contributed by atoms with van der Waals surface area (Å²) in [6.07, 6.45) is 0.552. The minimum Gasteiger partial charge on any atom is -0.469 e. The Hall–Kier alpha value is -1.26. The summed E-state index contributed by atoms with van der Waals surface area (Å²) in [5.74, 6) is 0.150. The van der Waals surface area contributed by atoms with Gasteiger partial charge in [-0.3, -0.25) is 4.79 Å². The van der Waals surface area contributed by atoms with Crippen molar-refractivity contribution in [3.8, 4) is 0 Å². The lowest BCUT2D eigenvalue weighted by atomic mass is 9.88. The van der Waals surface area contributed by atoms with E-state index in [9.17, 15) is 9.59 Å². The fraction of sp³-hybridized carbons (Fsp3) is 0.867. The first-order valence-electron chi connectivity index (χ1n) is 7.19. The number of rotatable bonds is 3. The highest BCUT2D eigenvalue weighted by Crippen LogP contribution is 2.30. The zero-order valence-electron chi connectivity index (χ0n) is 13.4. The zero-order chi connectivity index (χ0) is 15.5. The second-order valence-corrected chi connectivity index (χ2v) is 6.90. The van der Waals surface area contributed by atoms with Gasteiger partial charge in [-0.2, -0.15) is 0 Å². The number of carbonyl (C=O) groups excluding carboxylic acids is 2. The summed E-state index contributed by atoms with van der Waals surface area (Å²) < 4.78 is 10.2. The maximum Gasteiger partial charge on any atom is 0.410 e. The van der Waals surface area contributed by atoms with Gasteiger partial charge in [0, 0.05) is 13.1 Å². The van der Waals surface area contributed by atoms with E-state index in [2.05, 4.69) is 13.8 Å². The number of likely N-dealkylation sites (tertiary alicyclic amines) is 1. The number of nitrogens with zero attached hydrogens (tertiary/aromatic N) is 1. The normalized spacial score (nSPS) is 23.1. The molecule has 1 saturated heterocycles. The van der Waals surface area contributed by atoms with Gasteiger partial charge in [0.2, 0.25) is 0 Å². The molecular weight excluding hydrogens is 258 g/mol. The van der Waals surface area contributed by atoms with Crippen molar-refractivity contribution in [2.24, 2.45) is 17.8 Å². The fourth-order valence-corrected chi connectivity index (χ4v) is 2.61. The molecule has 1 rings (SSSR count). The van der Waals surface area contributed by atoms with Crippen molar-refractivity contribution >= 4 is 12.1 Å². The van der Waals surface area contributed by atoms with Crippen LogP contribution in [0.15, 0.2) is 0 Å². The first-order chi connectivity index (χ1) is 9.14. The molecule has 5 nitrogen and oxygen atoms in total. The molecule has 1 aliphatic rings. The van der Waals surface area contributed by atoms with E-state index in [4.69, 9.17) is 9.47 Å². The van der Waals surface area contributed by atoms with Gasteiger partial charge in [-0.05, 0) is 39.0 Å². The third kappa shape index (κ3) is 4.69. The molecule has 1 fully saturated rings. The fourth-order valence-electron chi connectivity index (χ4n) is 2.61. The molecule has 2 atom stereocenters. The molecule has 1 amide bonds. The highest BCUT2D eigenvalue weighted by Gasteiger charge is 2.41. The Morgan fingerprint density at radius 2 is 1.85 bits per heavy atom. The minimum absolute atomic E-state index is 0.148. The van der Waals surface area contributed by atoms with Gasteiger partial charge in [0.25, 0.3) is 0 Å². The highest BCUT2D eigenvalue weighted by atomic mass is 16.6. The Balaban J connectivity index is 2.73. The summed E-state index contributed by atoms with van der Waals surface area (Å²) >= 11 is 0. The molecule has 0 aromatic rings. The van der Waals surface area contributed by atoms with Crippen molar-refractivity contribution in [1.29, 1.82) is 0 Å².